The molecule has 0 saturated carbocycles. The van der Waals surface area contributed by atoms with Gasteiger partial charge >= 0.3 is 0 Å². The molecule has 0 N–H and O–H groups in total. The van der Waals surface area contributed by atoms with Crippen LogP contribution in [0.2, 0.25) is 10.3 Å². The second-order valence-corrected chi connectivity index (χ2v) is 3.30. The number of aromatic nitrogens is 2. The van der Waals surface area contributed by atoms with Gasteiger partial charge in [0.05, 0.1) is 6.34 Å². The Morgan fingerprint density at radius 1 is 1.38 bits per heavy atom. The van der Waals surface area contributed by atoms with E-state index < -0.39 is 0 Å². The molecule has 0 aromatic carbocycles. The largest absolute Gasteiger partial charge is 0.369 e. The first-order chi connectivity index (χ1) is 6.09. The molecule has 0 aliphatic heterocycles. The maximum atomic E-state index is 5.72. The number of halogens is 2. The van der Waals surface area contributed by atoms with Crippen molar-refractivity contribution in [1.82, 2.24) is 15.1 Å². The van der Waals surface area contributed by atoms with Gasteiger partial charge in [0, 0.05) is 20.2 Å². The van der Waals surface area contributed by atoms with Crippen LogP contribution in [0.4, 0.5) is 5.69 Å². The van der Waals surface area contributed by atoms with Gasteiger partial charge in [-0.05, 0) is 0 Å². The SMILES string of the molecule is CN(C)C=Nc1cc(Cl)nnc1Cl. The molecule has 0 aliphatic carbocycles. The van der Waals surface area contributed by atoms with Gasteiger partial charge in [-0.25, -0.2) is 4.99 Å². The van der Waals surface area contributed by atoms with Crippen molar-refractivity contribution in [3.05, 3.63) is 16.4 Å². The van der Waals surface area contributed by atoms with E-state index in [9.17, 15) is 0 Å². The lowest BCUT2D eigenvalue weighted by atomic mass is 10.5. The highest BCUT2D eigenvalue weighted by molar-refractivity contribution is 6.33. The fourth-order valence-electron chi connectivity index (χ4n) is 0.612. The van der Waals surface area contributed by atoms with E-state index in [1.54, 1.807) is 17.3 Å². The standard InChI is InChI=1S/C7H8Cl2N4/c1-13(2)4-10-5-3-6(8)11-12-7(5)9/h3-4H,1-2H3. The van der Waals surface area contributed by atoms with Crippen LogP contribution in [0.1, 0.15) is 0 Å². The summed E-state index contributed by atoms with van der Waals surface area (Å²) in [6.45, 7) is 0. The summed E-state index contributed by atoms with van der Waals surface area (Å²) in [6.07, 6.45) is 1.61. The van der Waals surface area contributed by atoms with E-state index in [1.807, 2.05) is 14.1 Å². The summed E-state index contributed by atoms with van der Waals surface area (Å²) in [7, 11) is 3.71. The zero-order valence-electron chi connectivity index (χ0n) is 7.20. The Bertz CT molecular complexity index is 324. The molecule has 0 bridgehead atoms. The van der Waals surface area contributed by atoms with Gasteiger partial charge in [0.1, 0.15) is 5.69 Å². The molecular weight excluding hydrogens is 211 g/mol. The molecule has 13 heavy (non-hydrogen) atoms. The highest BCUT2D eigenvalue weighted by Gasteiger charge is 2.01. The second kappa shape index (κ2) is 4.39. The third-order valence-electron chi connectivity index (χ3n) is 1.13. The van der Waals surface area contributed by atoms with Crippen molar-refractivity contribution >= 4 is 35.2 Å². The fourth-order valence-corrected chi connectivity index (χ4v) is 0.895. The lowest BCUT2D eigenvalue weighted by Gasteiger charge is -2.02. The molecule has 0 unspecified atom stereocenters. The molecule has 0 fully saturated rings. The van der Waals surface area contributed by atoms with Gasteiger partial charge in [0.2, 0.25) is 0 Å². The molecule has 0 spiro atoms. The van der Waals surface area contributed by atoms with Gasteiger partial charge in [-0.1, -0.05) is 23.2 Å². The van der Waals surface area contributed by atoms with E-state index in [0.717, 1.165) is 0 Å². The highest BCUT2D eigenvalue weighted by atomic mass is 35.5. The number of nitrogens with zero attached hydrogens (tertiary/aromatic N) is 4. The lowest BCUT2D eigenvalue weighted by Crippen LogP contribution is -2.07. The Morgan fingerprint density at radius 3 is 2.69 bits per heavy atom. The molecule has 0 aliphatic rings. The smallest absolute Gasteiger partial charge is 0.177 e. The van der Waals surface area contributed by atoms with Crippen molar-refractivity contribution in [2.24, 2.45) is 4.99 Å². The normalized spacial score (nSPS) is 10.8. The zero-order valence-corrected chi connectivity index (χ0v) is 8.71. The predicted molar refractivity (Wildman–Crippen MR) is 53.9 cm³/mol. The molecule has 0 saturated heterocycles. The molecule has 0 amide bonds. The van der Waals surface area contributed by atoms with Crippen LogP contribution in [0, 0.1) is 0 Å². The molecule has 1 aromatic heterocycles. The van der Waals surface area contributed by atoms with Gasteiger partial charge in [-0.15, -0.1) is 10.2 Å². The summed E-state index contributed by atoms with van der Waals surface area (Å²) in [5, 5.41) is 7.68. The van der Waals surface area contributed by atoms with Crippen LogP contribution < -0.4 is 0 Å². The monoisotopic (exact) mass is 218 g/mol. The Labute approximate surface area is 86.2 Å². The minimum Gasteiger partial charge on any atom is -0.369 e. The minimum atomic E-state index is 0.238. The Morgan fingerprint density at radius 2 is 2.08 bits per heavy atom. The first-order valence-electron chi connectivity index (χ1n) is 3.49. The third-order valence-corrected chi connectivity index (χ3v) is 1.58. The minimum absolute atomic E-state index is 0.238. The number of hydrogen-bond acceptors (Lipinski definition) is 3. The van der Waals surface area contributed by atoms with Crippen molar-refractivity contribution in [2.75, 3.05) is 14.1 Å². The molecule has 1 aromatic rings. The number of hydrogen-bond donors (Lipinski definition) is 0. The van der Waals surface area contributed by atoms with Crippen LogP contribution in [0.15, 0.2) is 11.1 Å². The van der Waals surface area contributed by atoms with Crippen LogP contribution in [0.3, 0.4) is 0 Å². The molecule has 4 nitrogen and oxygen atoms in total. The van der Waals surface area contributed by atoms with Gasteiger partial charge < -0.3 is 4.90 Å². The average molecular weight is 219 g/mol. The van der Waals surface area contributed by atoms with Crippen LogP contribution in [-0.4, -0.2) is 35.5 Å². The van der Waals surface area contributed by atoms with Crippen LogP contribution >= 0.6 is 23.2 Å². The average Bonchev–Trinajstić information content (AvgIpc) is 2.06. The maximum Gasteiger partial charge on any atom is 0.177 e. The van der Waals surface area contributed by atoms with Crippen molar-refractivity contribution in [1.29, 1.82) is 0 Å². The van der Waals surface area contributed by atoms with Crippen molar-refractivity contribution in [2.45, 2.75) is 0 Å². The van der Waals surface area contributed by atoms with E-state index in [2.05, 4.69) is 15.2 Å². The van der Waals surface area contributed by atoms with E-state index >= 15 is 0 Å². The predicted octanol–water partition coefficient (Wildman–Crippen LogP) is 2.00. The molecule has 0 atom stereocenters. The Balaban J connectivity index is 2.93. The number of rotatable bonds is 2. The Kier molecular flexibility index (Phi) is 3.45. The maximum absolute atomic E-state index is 5.72. The van der Waals surface area contributed by atoms with E-state index in [1.165, 1.54) is 0 Å². The highest BCUT2D eigenvalue weighted by Crippen LogP contribution is 2.23. The summed E-state index contributed by atoms with van der Waals surface area (Å²) < 4.78 is 0. The molecule has 1 heterocycles. The molecule has 6 heteroatoms. The van der Waals surface area contributed by atoms with Crippen LogP contribution in [0.5, 0.6) is 0 Å². The van der Waals surface area contributed by atoms with Gasteiger partial charge in [-0.3, -0.25) is 0 Å². The Hall–Kier alpha value is -0.870. The second-order valence-electron chi connectivity index (χ2n) is 2.55. The van der Waals surface area contributed by atoms with Crippen LogP contribution in [-0.2, 0) is 0 Å². The first-order valence-corrected chi connectivity index (χ1v) is 4.24. The molecule has 1 rings (SSSR count). The summed E-state index contributed by atoms with van der Waals surface area (Å²) in [5.41, 5.74) is 0.510. The van der Waals surface area contributed by atoms with Crippen molar-refractivity contribution < 1.29 is 0 Å². The summed E-state index contributed by atoms with van der Waals surface area (Å²) in [4.78, 5) is 5.83. The quantitative estimate of drug-likeness (QED) is 0.564. The summed E-state index contributed by atoms with van der Waals surface area (Å²) >= 11 is 11.3. The lowest BCUT2D eigenvalue weighted by molar-refractivity contribution is 0.643. The van der Waals surface area contributed by atoms with Gasteiger partial charge in [0.25, 0.3) is 0 Å². The third kappa shape index (κ3) is 3.16. The van der Waals surface area contributed by atoms with Crippen molar-refractivity contribution in [3.63, 3.8) is 0 Å². The van der Waals surface area contributed by atoms with Gasteiger partial charge in [-0.2, -0.15) is 0 Å². The topological polar surface area (TPSA) is 41.4 Å². The zero-order chi connectivity index (χ0) is 9.84. The van der Waals surface area contributed by atoms with E-state index in [0.29, 0.717) is 5.69 Å². The van der Waals surface area contributed by atoms with Crippen LogP contribution in [0.25, 0.3) is 0 Å². The fraction of sp³-hybridized carbons (Fsp3) is 0.286. The molecule has 70 valence electrons. The van der Waals surface area contributed by atoms with E-state index in [-0.39, 0.29) is 10.3 Å². The number of aliphatic imine (C=N–C) groups is 1. The first kappa shape index (κ1) is 10.2. The van der Waals surface area contributed by atoms with E-state index in [4.69, 9.17) is 23.2 Å². The van der Waals surface area contributed by atoms with Crippen molar-refractivity contribution in [3.8, 4) is 0 Å². The van der Waals surface area contributed by atoms with Gasteiger partial charge in [0.15, 0.2) is 10.3 Å². The summed E-state index contributed by atoms with van der Waals surface area (Å²) in [5.74, 6) is 0. The summed E-state index contributed by atoms with van der Waals surface area (Å²) in [6, 6.07) is 1.55. The molecular formula is C7H8Cl2N4. The molecule has 0 radical (unpaired) electrons.